The van der Waals surface area contributed by atoms with E-state index in [9.17, 15) is 0 Å². The maximum atomic E-state index is 4.73. The number of rotatable bonds is 6. The van der Waals surface area contributed by atoms with Crippen LogP contribution in [-0.2, 0) is 6.54 Å². The summed E-state index contributed by atoms with van der Waals surface area (Å²) in [5.74, 6) is 0.947. The number of hydrogen-bond acceptors (Lipinski definition) is 3. The molecule has 1 saturated carbocycles. The van der Waals surface area contributed by atoms with Crippen LogP contribution in [0.2, 0.25) is 0 Å². The Morgan fingerprint density at radius 3 is 2.59 bits per heavy atom. The third-order valence-corrected chi connectivity index (χ3v) is 5.82. The molecular weight excluding hydrogens is 310 g/mol. The zero-order valence-electron chi connectivity index (χ0n) is 13.8. The molecule has 0 aliphatic heterocycles. The van der Waals surface area contributed by atoms with Gasteiger partial charge in [0.15, 0.2) is 5.96 Å². The summed E-state index contributed by atoms with van der Waals surface area (Å²) >= 11 is 3.76. The summed E-state index contributed by atoms with van der Waals surface area (Å²) in [7, 11) is 0. The number of benzene rings is 1. The zero-order valence-corrected chi connectivity index (χ0v) is 15.4. The molecule has 2 rings (SSSR count). The summed E-state index contributed by atoms with van der Waals surface area (Å²) in [6.07, 6.45) is 8.12. The molecule has 1 aromatic rings. The highest BCUT2D eigenvalue weighted by atomic mass is 32.2. The Hall–Kier alpha value is -0.810. The molecule has 2 N–H and O–H groups in total. The number of thioether (sulfide) groups is 2. The van der Waals surface area contributed by atoms with E-state index in [1.165, 1.54) is 29.7 Å². The number of nitrogens with zero attached hydrogens (tertiary/aromatic N) is 1. The smallest absolute Gasteiger partial charge is 0.191 e. The minimum Gasteiger partial charge on any atom is -0.357 e. The second kappa shape index (κ2) is 9.36. The van der Waals surface area contributed by atoms with Gasteiger partial charge in [0, 0.05) is 22.7 Å². The van der Waals surface area contributed by atoms with Gasteiger partial charge in [-0.15, -0.1) is 11.8 Å². The van der Waals surface area contributed by atoms with Gasteiger partial charge in [0.05, 0.1) is 6.54 Å². The van der Waals surface area contributed by atoms with Crippen molar-refractivity contribution in [2.75, 3.05) is 19.1 Å². The first-order valence-electron chi connectivity index (χ1n) is 7.95. The van der Waals surface area contributed by atoms with Gasteiger partial charge in [-0.3, -0.25) is 0 Å². The van der Waals surface area contributed by atoms with Crippen molar-refractivity contribution in [2.24, 2.45) is 4.99 Å². The first-order valence-corrected chi connectivity index (χ1v) is 10.5. The Labute approximate surface area is 143 Å². The normalized spacial score (nSPS) is 21.9. The van der Waals surface area contributed by atoms with Crippen LogP contribution in [0.4, 0.5) is 0 Å². The highest BCUT2D eigenvalue weighted by molar-refractivity contribution is 7.99. The van der Waals surface area contributed by atoms with Crippen LogP contribution in [0.1, 0.15) is 31.7 Å². The molecular formula is C17H27N3S2. The Kier molecular flexibility index (Phi) is 7.46. The van der Waals surface area contributed by atoms with Gasteiger partial charge < -0.3 is 10.6 Å². The molecule has 0 amide bonds. The van der Waals surface area contributed by atoms with Crippen molar-refractivity contribution in [2.45, 2.75) is 48.9 Å². The summed E-state index contributed by atoms with van der Waals surface area (Å²) in [5.41, 5.74) is 1.25. The van der Waals surface area contributed by atoms with Gasteiger partial charge in [0.2, 0.25) is 0 Å². The molecule has 0 saturated heterocycles. The lowest BCUT2D eigenvalue weighted by Gasteiger charge is -2.17. The predicted octanol–water partition coefficient (Wildman–Crippen LogP) is 3.75. The van der Waals surface area contributed by atoms with Crippen molar-refractivity contribution in [1.82, 2.24) is 10.6 Å². The van der Waals surface area contributed by atoms with Crippen LogP contribution in [0.15, 0.2) is 34.2 Å². The standard InChI is InChI=1S/C17H27N3S2/c1-4-18-17(20-14-7-10-16(11-14)22-3)19-12-13-5-8-15(21-2)9-6-13/h5-6,8-9,14,16H,4,7,10-12H2,1-3H3,(H2,18,19,20). The SMILES string of the molecule is CCNC(=NCc1ccc(SC)cc1)NC1CCC(SC)C1. The fraction of sp³-hybridized carbons (Fsp3) is 0.588. The van der Waals surface area contributed by atoms with Gasteiger partial charge in [0.25, 0.3) is 0 Å². The number of hydrogen-bond donors (Lipinski definition) is 2. The van der Waals surface area contributed by atoms with E-state index in [2.05, 4.69) is 54.3 Å². The van der Waals surface area contributed by atoms with Gasteiger partial charge in [-0.1, -0.05) is 12.1 Å². The van der Waals surface area contributed by atoms with E-state index in [4.69, 9.17) is 4.99 Å². The second-order valence-electron chi connectivity index (χ2n) is 5.56. The van der Waals surface area contributed by atoms with Gasteiger partial charge >= 0.3 is 0 Å². The van der Waals surface area contributed by atoms with Crippen molar-refractivity contribution in [3.8, 4) is 0 Å². The fourth-order valence-corrected chi connectivity index (χ4v) is 3.90. The third-order valence-electron chi connectivity index (χ3n) is 3.98. The van der Waals surface area contributed by atoms with E-state index < -0.39 is 0 Å². The van der Waals surface area contributed by atoms with Crippen LogP contribution in [-0.4, -0.2) is 36.3 Å². The number of guanidine groups is 1. The molecule has 5 heteroatoms. The summed E-state index contributed by atoms with van der Waals surface area (Å²) in [4.78, 5) is 6.03. The highest BCUT2D eigenvalue weighted by Crippen LogP contribution is 2.28. The van der Waals surface area contributed by atoms with Gasteiger partial charge in [0.1, 0.15) is 0 Å². The molecule has 3 nitrogen and oxygen atoms in total. The summed E-state index contributed by atoms with van der Waals surface area (Å²) in [6.45, 7) is 3.74. The minimum absolute atomic E-state index is 0.564. The maximum absolute atomic E-state index is 4.73. The molecule has 1 aliphatic carbocycles. The van der Waals surface area contributed by atoms with E-state index >= 15 is 0 Å². The van der Waals surface area contributed by atoms with Gasteiger partial charge in [-0.2, -0.15) is 11.8 Å². The maximum Gasteiger partial charge on any atom is 0.191 e. The van der Waals surface area contributed by atoms with Crippen LogP contribution in [0.25, 0.3) is 0 Å². The second-order valence-corrected chi connectivity index (χ2v) is 7.57. The largest absolute Gasteiger partial charge is 0.357 e. The quantitative estimate of drug-likeness (QED) is 0.471. The molecule has 2 unspecified atom stereocenters. The van der Waals surface area contributed by atoms with Crippen LogP contribution in [0, 0.1) is 0 Å². The third kappa shape index (κ3) is 5.43. The molecule has 1 aromatic carbocycles. The summed E-state index contributed by atoms with van der Waals surface area (Å²) in [5, 5.41) is 7.76. The van der Waals surface area contributed by atoms with E-state index in [1.807, 2.05) is 11.8 Å². The topological polar surface area (TPSA) is 36.4 Å². The molecule has 0 heterocycles. The Morgan fingerprint density at radius 1 is 1.23 bits per heavy atom. The monoisotopic (exact) mass is 337 g/mol. The number of nitrogens with one attached hydrogen (secondary N) is 2. The predicted molar refractivity (Wildman–Crippen MR) is 101 cm³/mol. The van der Waals surface area contributed by atoms with Crippen LogP contribution >= 0.6 is 23.5 Å². The van der Waals surface area contributed by atoms with E-state index in [0.717, 1.165) is 24.3 Å². The summed E-state index contributed by atoms with van der Waals surface area (Å²) in [6, 6.07) is 9.22. The molecule has 0 aromatic heterocycles. The summed E-state index contributed by atoms with van der Waals surface area (Å²) < 4.78 is 0. The van der Waals surface area contributed by atoms with Crippen LogP contribution in [0.5, 0.6) is 0 Å². The lowest BCUT2D eigenvalue weighted by molar-refractivity contribution is 0.615. The van der Waals surface area contributed by atoms with Crippen molar-refractivity contribution in [1.29, 1.82) is 0 Å². The average molecular weight is 338 g/mol. The van der Waals surface area contributed by atoms with Gasteiger partial charge in [-0.25, -0.2) is 4.99 Å². The molecule has 122 valence electrons. The molecule has 1 aliphatic rings. The molecule has 1 fully saturated rings. The molecule has 0 radical (unpaired) electrons. The lowest BCUT2D eigenvalue weighted by atomic mass is 10.2. The molecule has 0 bridgehead atoms. The minimum atomic E-state index is 0.564. The molecule has 22 heavy (non-hydrogen) atoms. The molecule has 2 atom stereocenters. The molecule has 0 spiro atoms. The van der Waals surface area contributed by atoms with E-state index in [1.54, 1.807) is 11.8 Å². The fourth-order valence-electron chi connectivity index (χ4n) is 2.70. The van der Waals surface area contributed by atoms with Crippen LogP contribution < -0.4 is 10.6 Å². The zero-order chi connectivity index (χ0) is 15.8. The van der Waals surface area contributed by atoms with E-state index in [0.29, 0.717) is 6.04 Å². The lowest BCUT2D eigenvalue weighted by Crippen LogP contribution is -2.42. The average Bonchev–Trinajstić information content (AvgIpc) is 3.01. The number of aliphatic imine (C=N–C) groups is 1. The van der Waals surface area contributed by atoms with Crippen molar-refractivity contribution >= 4 is 29.5 Å². The Balaban J connectivity index is 1.91. The highest BCUT2D eigenvalue weighted by Gasteiger charge is 2.24. The van der Waals surface area contributed by atoms with Crippen LogP contribution in [0.3, 0.4) is 0 Å². The first kappa shape index (κ1) is 17.5. The van der Waals surface area contributed by atoms with Crippen molar-refractivity contribution in [3.05, 3.63) is 29.8 Å². The van der Waals surface area contributed by atoms with Gasteiger partial charge in [-0.05, 0) is 56.4 Å². The Bertz CT molecular complexity index is 473. The van der Waals surface area contributed by atoms with Crippen molar-refractivity contribution in [3.63, 3.8) is 0 Å². The van der Waals surface area contributed by atoms with E-state index in [-0.39, 0.29) is 0 Å². The van der Waals surface area contributed by atoms with Crippen molar-refractivity contribution < 1.29 is 0 Å². The Morgan fingerprint density at radius 2 is 2.00 bits per heavy atom. The first-order chi connectivity index (χ1) is 10.7.